The standard InChI is InChI=1S/C41H73NO4/c1-31(2)14-13-15-32(3)36-19-20-37-35-18-17-33-30-34(21-23-40(33,4)38(35)22-24-41(36,37)5)46-39(45)16-7-6-8-25-42(26-9-11-28-43)27-10-12-29-44/h17,31-32,34-38,43-44H,6-16,18-30H2,1-5H3/t32-,34+,35+,36-,37+,38+,40+,41-/m1/s1. The van der Waals surface area contributed by atoms with Crippen LogP contribution in [0.25, 0.3) is 0 Å². The van der Waals surface area contributed by atoms with Crippen LogP contribution in [-0.4, -0.2) is 60.0 Å². The molecule has 46 heavy (non-hydrogen) atoms. The predicted molar refractivity (Wildman–Crippen MR) is 190 cm³/mol. The maximum atomic E-state index is 12.9. The van der Waals surface area contributed by atoms with E-state index in [-0.39, 0.29) is 25.3 Å². The number of esters is 1. The van der Waals surface area contributed by atoms with Crippen LogP contribution in [0.2, 0.25) is 0 Å². The van der Waals surface area contributed by atoms with Gasteiger partial charge in [0.15, 0.2) is 0 Å². The second-order valence-corrected chi connectivity index (χ2v) is 17.2. The number of unbranched alkanes of at least 4 members (excludes halogenated alkanes) is 4. The fourth-order valence-electron chi connectivity index (χ4n) is 11.0. The summed E-state index contributed by atoms with van der Waals surface area (Å²) in [6.45, 7) is 16.1. The molecule has 3 fully saturated rings. The Morgan fingerprint density at radius 3 is 2.22 bits per heavy atom. The molecule has 0 heterocycles. The van der Waals surface area contributed by atoms with Crippen LogP contribution < -0.4 is 0 Å². The molecule has 2 N–H and O–H groups in total. The lowest BCUT2D eigenvalue weighted by molar-refractivity contribution is -0.151. The summed E-state index contributed by atoms with van der Waals surface area (Å²) in [4.78, 5) is 15.3. The number of aliphatic hydroxyl groups is 2. The highest BCUT2D eigenvalue weighted by Crippen LogP contribution is 2.67. The number of carbonyl (C=O) groups excluding carboxylic acids is 1. The number of allylic oxidation sites excluding steroid dienone is 1. The van der Waals surface area contributed by atoms with Crippen LogP contribution in [0.5, 0.6) is 0 Å². The maximum Gasteiger partial charge on any atom is 0.306 e. The Hall–Kier alpha value is -0.910. The summed E-state index contributed by atoms with van der Waals surface area (Å²) in [5.74, 6) is 5.14. The highest BCUT2D eigenvalue weighted by Gasteiger charge is 2.59. The van der Waals surface area contributed by atoms with Crippen LogP contribution in [0, 0.1) is 46.3 Å². The summed E-state index contributed by atoms with van der Waals surface area (Å²) in [7, 11) is 0. The quantitative estimate of drug-likeness (QED) is 0.0786. The molecule has 0 aromatic carbocycles. The molecule has 0 bridgehead atoms. The number of aliphatic hydroxyl groups excluding tert-OH is 2. The average molecular weight is 644 g/mol. The van der Waals surface area contributed by atoms with Gasteiger partial charge in [-0.2, -0.15) is 0 Å². The van der Waals surface area contributed by atoms with Gasteiger partial charge < -0.3 is 19.8 Å². The molecule has 0 aliphatic heterocycles. The second-order valence-electron chi connectivity index (χ2n) is 17.2. The zero-order valence-electron chi connectivity index (χ0n) is 30.7. The first-order chi connectivity index (χ1) is 22.1. The summed E-state index contributed by atoms with van der Waals surface area (Å²) < 4.78 is 6.12. The highest BCUT2D eigenvalue weighted by molar-refractivity contribution is 5.69. The fourth-order valence-corrected chi connectivity index (χ4v) is 11.0. The van der Waals surface area contributed by atoms with E-state index in [0.29, 0.717) is 17.3 Å². The number of hydrogen-bond acceptors (Lipinski definition) is 5. The van der Waals surface area contributed by atoms with Crippen LogP contribution in [0.1, 0.15) is 157 Å². The Morgan fingerprint density at radius 2 is 1.54 bits per heavy atom. The van der Waals surface area contributed by atoms with Crippen molar-refractivity contribution in [2.45, 2.75) is 163 Å². The Morgan fingerprint density at radius 1 is 0.848 bits per heavy atom. The molecular formula is C41H73NO4. The minimum absolute atomic E-state index is 0.00131. The molecule has 0 amide bonds. The van der Waals surface area contributed by atoms with Gasteiger partial charge in [-0.15, -0.1) is 0 Å². The van der Waals surface area contributed by atoms with Crippen LogP contribution in [-0.2, 0) is 9.53 Å². The van der Waals surface area contributed by atoms with Crippen LogP contribution >= 0.6 is 0 Å². The Bertz CT molecular complexity index is 939. The van der Waals surface area contributed by atoms with Crippen molar-refractivity contribution in [3.8, 4) is 0 Å². The van der Waals surface area contributed by atoms with Crippen molar-refractivity contribution >= 4 is 5.97 Å². The van der Waals surface area contributed by atoms with E-state index in [1.54, 1.807) is 5.57 Å². The second kappa shape index (κ2) is 18.2. The molecule has 3 saturated carbocycles. The minimum atomic E-state index is -0.00131. The molecule has 0 radical (unpaired) electrons. The lowest BCUT2D eigenvalue weighted by atomic mass is 9.47. The van der Waals surface area contributed by atoms with E-state index in [1.807, 2.05) is 0 Å². The molecule has 0 unspecified atom stereocenters. The third-order valence-electron chi connectivity index (χ3n) is 13.7. The zero-order valence-corrected chi connectivity index (χ0v) is 30.7. The van der Waals surface area contributed by atoms with Crippen LogP contribution in [0.4, 0.5) is 0 Å². The first-order valence-electron chi connectivity index (χ1n) is 20.0. The summed E-state index contributed by atoms with van der Waals surface area (Å²) in [5.41, 5.74) is 2.44. The molecule has 5 heteroatoms. The van der Waals surface area contributed by atoms with Gasteiger partial charge in [0.1, 0.15) is 6.10 Å². The number of nitrogens with zero attached hydrogens (tertiary/aromatic N) is 1. The normalized spacial score (nSPS) is 33.0. The number of carbonyl (C=O) groups is 1. The van der Waals surface area contributed by atoms with Gasteiger partial charge in [-0.25, -0.2) is 0 Å². The summed E-state index contributed by atoms with van der Waals surface area (Å²) in [6.07, 6.45) is 24.3. The van der Waals surface area contributed by atoms with Crippen molar-refractivity contribution < 1.29 is 19.7 Å². The lowest BCUT2D eigenvalue weighted by Gasteiger charge is -2.58. The van der Waals surface area contributed by atoms with Gasteiger partial charge >= 0.3 is 5.97 Å². The van der Waals surface area contributed by atoms with E-state index in [1.165, 1.54) is 57.8 Å². The van der Waals surface area contributed by atoms with E-state index in [0.717, 1.165) is 113 Å². The van der Waals surface area contributed by atoms with Gasteiger partial charge in [-0.1, -0.05) is 72.0 Å². The van der Waals surface area contributed by atoms with Gasteiger partial charge in [-0.3, -0.25) is 4.79 Å². The fraction of sp³-hybridized carbons (Fsp3) is 0.927. The molecule has 4 rings (SSSR count). The largest absolute Gasteiger partial charge is 0.462 e. The molecule has 8 atom stereocenters. The van der Waals surface area contributed by atoms with Crippen molar-refractivity contribution in [1.29, 1.82) is 0 Å². The van der Waals surface area contributed by atoms with Crippen LogP contribution in [0.3, 0.4) is 0 Å². The maximum absolute atomic E-state index is 12.9. The third kappa shape index (κ3) is 9.62. The number of rotatable bonds is 20. The molecule has 4 aliphatic rings. The summed E-state index contributed by atoms with van der Waals surface area (Å²) in [6, 6.07) is 0. The van der Waals surface area contributed by atoms with Gasteiger partial charge in [0.25, 0.3) is 0 Å². The SMILES string of the molecule is CC(C)CCC[C@@H](C)[C@H]1CC[C@H]2[C@@H]3CC=C4C[C@@H](OC(=O)CCCCCN(CCCCO)CCCCO)CC[C@]4(C)[C@H]3CC[C@]12C. The number of fused-ring (bicyclic) bond motifs is 5. The molecule has 266 valence electrons. The van der Waals surface area contributed by atoms with Gasteiger partial charge in [0.2, 0.25) is 0 Å². The lowest BCUT2D eigenvalue weighted by Crippen LogP contribution is -2.51. The Kier molecular flexibility index (Phi) is 15.0. The van der Waals surface area contributed by atoms with Crippen molar-refractivity contribution in [2.24, 2.45) is 46.3 Å². The number of ether oxygens (including phenoxy) is 1. The molecule has 0 spiro atoms. The third-order valence-corrected chi connectivity index (χ3v) is 13.7. The highest BCUT2D eigenvalue weighted by atomic mass is 16.5. The molecule has 0 aromatic rings. The van der Waals surface area contributed by atoms with E-state index >= 15 is 0 Å². The monoisotopic (exact) mass is 644 g/mol. The smallest absolute Gasteiger partial charge is 0.306 e. The summed E-state index contributed by atoms with van der Waals surface area (Å²) >= 11 is 0. The van der Waals surface area contributed by atoms with Crippen LogP contribution in [0.15, 0.2) is 11.6 Å². The van der Waals surface area contributed by atoms with Gasteiger partial charge in [0, 0.05) is 26.1 Å². The first-order valence-corrected chi connectivity index (χ1v) is 20.0. The van der Waals surface area contributed by atoms with Gasteiger partial charge in [0.05, 0.1) is 0 Å². The van der Waals surface area contributed by atoms with E-state index in [9.17, 15) is 4.79 Å². The zero-order chi connectivity index (χ0) is 33.2. The van der Waals surface area contributed by atoms with Crippen molar-refractivity contribution in [3.05, 3.63) is 11.6 Å². The van der Waals surface area contributed by atoms with E-state index < -0.39 is 0 Å². The van der Waals surface area contributed by atoms with Crippen molar-refractivity contribution in [2.75, 3.05) is 32.8 Å². The predicted octanol–water partition coefficient (Wildman–Crippen LogP) is 9.35. The topological polar surface area (TPSA) is 70.0 Å². The molecular weight excluding hydrogens is 570 g/mol. The molecule has 5 nitrogen and oxygen atoms in total. The van der Waals surface area contributed by atoms with Crippen molar-refractivity contribution in [1.82, 2.24) is 4.90 Å². The van der Waals surface area contributed by atoms with Crippen molar-refractivity contribution in [3.63, 3.8) is 0 Å². The van der Waals surface area contributed by atoms with E-state index in [2.05, 4.69) is 45.6 Å². The summed E-state index contributed by atoms with van der Waals surface area (Å²) in [5, 5.41) is 18.2. The minimum Gasteiger partial charge on any atom is -0.462 e. The first kappa shape index (κ1) is 37.9. The van der Waals surface area contributed by atoms with E-state index in [4.69, 9.17) is 14.9 Å². The Labute approximate surface area is 283 Å². The Balaban J connectivity index is 1.21. The average Bonchev–Trinajstić information content (AvgIpc) is 3.38. The molecule has 0 aromatic heterocycles. The molecule has 0 saturated heterocycles. The molecule has 4 aliphatic carbocycles. The number of hydrogen-bond donors (Lipinski definition) is 2. The van der Waals surface area contributed by atoms with Gasteiger partial charge in [-0.05, 0) is 149 Å².